The van der Waals surface area contributed by atoms with Gasteiger partial charge in [-0.3, -0.25) is 9.59 Å². The number of phenolic OH excluding ortho intramolecular Hbond substituents is 1. The number of hydrogen-bond donors (Lipinski definition) is 1. The van der Waals surface area contributed by atoms with Crippen molar-refractivity contribution >= 4 is 11.6 Å². The average Bonchev–Trinajstić information content (AvgIpc) is 2.75. The lowest BCUT2D eigenvalue weighted by Gasteiger charge is -2.05. The molecule has 0 aliphatic carbocycles. The SMILES string of the molecule is CCC(=O)c1ccc(O)cc1.CCC(=O)c1ccc(Oc2ccccc2)cc1. The van der Waals surface area contributed by atoms with Crippen LogP contribution in [0.15, 0.2) is 78.9 Å². The van der Waals surface area contributed by atoms with Gasteiger partial charge < -0.3 is 9.84 Å². The number of ether oxygens (including phenoxy) is 1. The van der Waals surface area contributed by atoms with Crippen molar-refractivity contribution in [1.82, 2.24) is 0 Å². The molecule has 0 aliphatic heterocycles. The third-order valence-electron chi connectivity index (χ3n) is 3.99. The van der Waals surface area contributed by atoms with Gasteiger partial charge in [0.2, 0.25) is 0 Å². The monoisotopic (exact) mass is 376 g/mol. The molecule has 0 bridgehead atoms. The fraction of sp³-hybridized carbons (Fsp3) is 0.167. The van der Waals surface area contributed by atoms with Gasteiger partial charge in [0.05, 0.1) is 0 Å². The zero-order valence-electron chi connectivity index (χ0n) is 16.1. The molecule has 0 heterocycles. The van der Waals surface area contributed by atoms with Gasteiger partial charge in [-0.25, -0.2) is 0 Å². The van der Waals surface area contributed by atoms with Gasteiger partial charge in [0.15, 0.2) is 11.6 Å². The molecule has 0 saturated heterocycles. The Bertz CT molecular complexity index is 882. The highest BCUT2D eigenvalue weighted by Gasteiger charge is 2.03. The maximum absolute atomic E-state index is 11.4. The fourth-order valence-corrected chi connectivity index (χ4v) is 2.39. The van der Waals surface area contributed by atoms with Gasteiger partial charge in [-0.2, -0.15) is 0 Å². The van der Waals surface area contributed by atoms with Crippen molar-refractivity contribution in [3.8, 4) is 17.2 Å². The van der Waals surface area contributed by atoms with Crippen LogP contribution in [0.4, 0.5) is 0 Å². The average molecular weight is 376 g/mol. The zero-order valence-corrected chi connectivity index (χ0v) is 16.1. The van der Waals surface area contributed by atoms with Gasteiger partial charge in [-0.1, -0.05) is 32.0 Å². The first kappa shape index (κ1) is 20.9. The molecule has 0 aromatic heterocycles. The minimum atomic E-state index is 0.102. The van der Waals surface area contributed by atoms with Gasteiger partial charge in [0, 0.05) is 24.0 Å². The Balaban J connectivity index is 0.000000221. The summed E-state index contributed by atoms with van der Waals surface area (Å²) in [4.78, 5) is 22.5. The summed E-state index contributed by atoms with van der Waals surface area (Å²) in [5, 5.41) is 8.90. The molecule has 0 radical (unpaired) electrons. The van der Waals surface area contributed by atoms with Crippen molar-refractivity contribution in [2.75, 3.05) is 0 Å². The molecule has 1 N–H and O–H groups in total. The predicted octanol–water partition coefficient (Wildman–Crippen LogP) is 6.06. The molecule has 0 fully saturated rings. The number of ketones is 2. The highest BCUT2D eigenvalue weighted by atomic mass is 16.5. The molecule has 144 valence electrons. The molecule has 3 aromatic carbocycles. The van der Waals surface area contributed by atoms with Gasteiger partial charge >= 0.3 is 0 Å². The van der Waals surface area contributed by atoms with Crippen LogP contribution in [0, 0.1) is 0 Å². The Morgan fingerprint density at radius 2 is 1.11 bits per heavy atom. The second-order valence-corrected chi connectivity index (χ2v) is 6.04. The Morgan fingerprint density at radius 3 is 1.57 bits per heavy atom. The van der Waals surface area contributed by atoms with E-state index in [2.05, 4.69) is 0 Å². The predicted molar refractivity (Wildman–Crippen MR) is 110 cm³/mol. The molecule has 0 amide bonds. The van der Waals surface area contributed by atoms with E-state index in [1.165, 1.54) is 12.1 Å². The van der Waals surface area contributed by atoms with E-state index in [0.717, 1.165) is 17.1 Å². The summed E-state index contributed by atoms with van der Waals surface area (Å²) < 4.78 is 5.64. The minimum Gasteiger partial charge on any atom is -0.508 e. The number of hydrogen-bond acceptors (Lipinski definition) is 4. The molecule has 0 unspecified atom stereocenters. The summed E-state index contributed by atoms with van der Waals surface area (Å²) in [7, 11) is 0. The summed E-state index contributed by atoms with van der Waals surface area (Å²) in [5.74, 6) is 1.98. The molecule has 0 atom stereocenters. The summed E-state index contributed by atoms with van der Waals surface area (Å²) in [5.41, 5.74) is 1.39. The van der Waals surface area contributed by atoms with E-state index in [1.807, 2.05) is 56.3 Å². The molecule has 0 saturated carbocycles. The normalized spacial score (nSPS) is 9.79. The summed E-state index contributed by atoms with van der Waals surface area (Å²) >= 11 is 0. The summed E-state index contributed by atoms with van der Waals surface area (Å²) in [6.07, 6.45) is 1.03. The molecule has 28 heavy (non-hydrogen) atoms. The van der Waals surface area contributed by atoms with Gasteiger partial charge in [-0.15, -0.1) is 0 Å². The zero-order chi connectivity index (χ0) is 20.4. The number of aromatic hydroxyl groups is 1. The Hall–Kier alpha value is -3.40. The maximum Gasteiger partial charge on any atom is 0.162 e. The topological polar surface area (TPSA) is 63.6 Å². The lowest BCUT2D eigenvalue weighted by atomic mass is 10.1. The highest BCUT2D eigenvalue weighted by molar-refractivity contribution is 5.96. The number of phenols is 1. The van der Waals surface area contributed by atoms with E-state index in [1.54, 1.807) is 24.3 Å². The van der Waals surface area contributed by atoms with Crippen molar-refractivity contribution < 1.29 is 19.4 Å². The standard InChI is InChI=1S/C15H14O2.C9H10O2/c1-2-15(16)12-8-10-14(11-9-12)17-13-6-4-3-5-7-13;1-2-9(11)7-3-5-8(10)6-4-7/h3-11H,2H2,1H3;3-6,10H,2H2,1H3. The summed E-state index contributed by atoms with van der Waals surface area (Å²) in [6.45, 7) is 3.67. The van der Waals surface area contributed by atoms with Crippen molar-refractivity contribution in [3.63, 3.8) is 0 Å². The molecule has 0 spiro atoms. The first-order valence-electron chi connectivity index (χ1n) is 9.21. The van der Waals surface area contributed by atoms with Gasteiger partial charge in [0.1, 0.15) is 17.2 Å². The number of benzene rings is 3. The largest absolute Gasteiger partial charge is 0.508 e. The number of para-hydroxylation sites is 1. The van der Waals surface area contributed by atoms with Crippen LogP contribution in [0.25, 0.3) is 0 Å². The lowest BCUT2D eigenvalue weighted by Crippen LogP contribution is -1.95. The molecule has 4 heteroatoms. The van der Waals surface area contributed by atoms with Crippen molar-refractivity contribution in [2.24, 2.45) is 0 Å². The van der Waals surface area contributed by atoms with Crippen LogP contribution >= 0.6 is 0 Å². The van der Waals surface area contributed by atoms with Gasteiger partial charge in [-0.05, 0) is 60.7 Å². The fourth-order valence-electron chi connectivity index (χ4n) is 2.39. The van der Waals surface area contributed by atoms with E-state index in [9.17, 15) is 9.59 Å². The lowest BCUT2D eigenvalue weighted by molar-refractivity contribution is 0.0980. The molecule has 0 aliphatic rings. The first-order chi connectivity index (χ1) is 13.5. The van der Waals surface area contributed by atoms with E-state index in [-0.39, 0.29) is 17.3 Å². The molecular formula is C24H24O4. The second-order valence-electron chi connectivity index (χ2n) is 6.04. The molecule has 3 aromatic rings. The first-order valence-corrected chi connectivity index (χ1v) is 9.21. The molecular weight excluding hydrogens is 352 g/mol. The van der Waals surface area contributed by atoms with E-state index >= 15 is 0 Å². The minimum absolute atomic E-state index is 0.102. The highest BCUT2D eigenvalue weighted by Crippen LogP contribution is 2.21. The van der Waals surface area contributed by atoms with Gasteiger partial charge in [0.25, 0.3) is 0 Å². The maximum atomic E-state index is 11.4. The Morgan fingerprint density at radius 1 is 0.679 bits per heavy atom. The van der Waals surface area contributed by atoms with Crippen LogP contribution < -0.4 is 4.74 Å². The summed E-state index contributed by atoms with van der Waals surface area (Å²) in [6, 6.07) is 23.1. The van der Waals surface area contributed by atoms with Crippen LogP contribution in [-0.4, -0.2) is 16.7 Å². The van der Waals surface area contributed by atoms with E-state index in [4.69, 9.17) is 9.84 Å². The quantitative estimate of drug-likeness (QED) is 0.531. The Labute approximate surface area is 165 Å². The number of Topliss-reactive ketones (excluding diaryl/α,β-unsaturated/α-hetero) is 2. The number of rotatable bonds is 6. The smallest absolute Gasteiger partial charge is 0.162 e. The van der Waals surface area contributed by atoms with Crippen LogP contribution in [0.5, 0.6) is 17.2 Å². The van der Waals surface area contributed by atoms with Crippen molar-refractivity contribution in [2.45, 2.75) is 26.7 Å². The second kappa shape index (κ2) is 10.7. The van der Waals surface area contributed by atoms with Crippen LogP contribution in [0.1, 0.15) is 47.4 Å². The van der Waals surface area contributed by atoms with Crippen molar-refractivity contribution in [1.29, 1.82) is 0 Å². The Kier molecular flexibility index (Phi) is 7.97. The van der Waals surface area contributed by atoms with Crippen molar-refractivity contribution in [3.05, 3.63) is 90.0 Å². The number of carbonyl (C=O) groups excluding carboxylic acids is 2. The van der Waals surface area contributed by atoms with Crippen LogP contribution in [0.2, 0.25) is 0 Å². The van der Waals surface area contributed by atoms with E-state index < -0.39 is 0 Å². The molecule has 3 rings (SSSR count). The third-order valence-corrected chi connectivity index (χ3v) is 3.99. The van der Waals surface area contributed by atoms with E-state index in [0.29, 0.717) is 18.4 Å². The third kappa shape index (κ3) is 6.40. The van der Waals surface area contributed by atoms with Crippen LogP contribution in [0.3, 0.4) is 0 Å². The number of carbonyl (C=O) groups is 2. The molecule has 4 nitrogen and oxygen atoms in total. The van der Waals surface area contributed by atoms with Crippen LogP contribution in [-0.2, 0) is 0 Å².